The van der Waals surface area contributed by atoms with E-state index in [0.29, 0.717) is 0 Å². The second-order valence-corrected chi connectivity index (χ2v) is 4.73. The van der Waals surface area contributed by atoms with Gasteiger partial charge in [0.15, 0.2) is 0 Å². The molecule has 1 aliphatic heterocycles. The van der Waals surface area contributed by atoms with Gasteiger partial charge in [0.05, 0.1) is 5.69 Å². The van der Waals surface area contributed by atoms with E-state index in [2.05, 4.69) is 23.8 Å². The third kappa shape index (κ3) is 2.13. The number of rotatable bonds is 4. The fourth-order valence-electron chi connectivity index (χ4n) is 2.23. The number of aryl methyl sites for hydroxylation is 2. The van der Waals surface area contributed by atoms with Crippen LogP contribution in [0.4, 0.5) is 0 Å². The first-order valence-corrected chi connectivity index (χ1v) is 6.06. The second kappa shape index (κ2) is 4.55. The predicted molar refractivity (Wildman–Crippen MR) is 63.2 cm³/mol. The number of hydrogen-bond donors (Lipinski definition) is 2. The minimum absolute atomic E-state index is 0.203. The van der Waals surface area contributed by atoms with Gasteiger partial charge < -0.3 is 15.5 Å². The SMILES string of the molecule is Cc1[nH]c(C2(C)CCCO2)nc1CCCN. The lowest BCUT2D eigenvalue weighted by atomic mass is 10.0. The zero-order valence-corrected chi connectivity index (χ0v) is 10.2. The highest BCUT2D eigenvalue weighted by Gasteiger charge is 2.35. The first kappa shape index (κ1) is 11.6. The van der Waals surface area contributed by atoms with E-state index in [1.54, 1.807) is 0 Å². The van der Waals surface area contributed by atoms with Gasteiger partial charge in [0.2, 0.25) is 0 Å². The molecule has 0 spiro atoms. The maximum Gasteiger partial charge on any atom is 0.138 e. The number of ether oxygens (including phenoxy) is 1. The number of nitrogens with one attached hydrogen (secondary N) is 1. The largest absolute Gasteiger partial charge is 0.367 e. The fourth-order valence-corrected chi connectivity index (χ4v) is 2.23. The van der Waals surface area contributed by atoms with Crippen LogP contribution in [0.5, 0.6) is 0 Å². The van der Waals surface area contributed by atoms with Gasteiger partial charge in [-0.2, -0.15) is 0 Å². The van der Waals surface area contributed by atoms with Crippen LogP contribution in [-0.2, 0) is 16.8 Å². The van der Waals surface area contributed by atoms with Gasteiger partial charge in [0.25, 0.3) is 0 Å². The van der Waals surface area contributed by atoms with Crippen LogP contribution in [0, 0.1) is 6.92 Å². The molecule has 1 aromatic heterocycles. The highest BCUT2D eigenvalue weighted by molar-refractivity contribution is 5.17. The van der Waals surface area contributed by atoms with Crippen molar-refractivity contribution in [3.63, 3.8) is 0 Å². The molecule has 1 saturated heterocycles. The Morgan fingerprint density at radius 3 is 3.00 bits per heavy atom. The van der Waals surface area contributed by atoms with E-state index in [1.807, 2.05) is 0 Å². The number of aromatic nitrogens is 2. The number of aromatic amines is 1. The highest BCUT2D eigenvalue weighted by atomic mass is 16.5. The molecule has 16 heavy (non-hydrogen) atoms. The summed E-state index contributed by atoms with van der Waals surface area (Å²) in [5, 5.41) is 0. The third-order valence-electron chi connectivity index (χ3n) is 3.32. The molecule has 1 aromatic rings. The minimum Gasteiger partial charge on any atom is -0.367 e. The molecule has 0 bridgehead atoms. The normalized spacial score (nSPS) is 25.2. The fraction of sp³-hybridized carbons (Fsp3) is 0.750. The Hall–Kier alpha value is -0.870. The Labute approximate surface area is 96.6 Å². The summed E-state index contributed by atoms with van der Waals surface area (Å²) in [5.74, 6) is 0.981. The van der Waals surface area contributed by atoms with E-state index in [4.69, 9.17) is 10.5 Å². The van der Waals surface area contributed by atoms with E-state index in [1.165, 1.54) is 0 Å². The summed E-state index contributed by atoms with van der Waals surface area (Å²) in [6, 6.07) is 0. The van der Waals surface area contributed by atoms with Gasteiger partial charge >= 0.3 is 0 Å². The van der Waals surface area contributed by atoms with Crippen molar-refractivity contribution in [2.45, 2.75) is 45.1 Å². The van der Waals surface area contributed by atoms with Crippen molar-refractivity contribution < 1.29 is 4.74 Å². The number of nitrogens with zero attached hydrogens (tertiary/aromatic N) is 1. The van der Waals surface area contributed by atoms with Crippen molar-refractivity contribution in [2.24, 2.45) is 5.73 Å². The molecule has 0 radical (unpaired) electrons. The molecule has 1 aliphatic rings. The lowest BCUT2D eigenvalue weighted by molar-refractivity contribution is 0.00989. The van der Waals surface area contributed by atoms with Crippen LogP contribution >= 0.6 is 0 Å². The van der Waals surface area contributed by atoms with Gasteiger partial charge in [0, 0.05) is 12.3 Å². The quantitative estimate of drug-likeness (QED) is 0.815. The maximum absolute atomic E-state index is 5.78. The van der Waals surface area contributed by atoms with Crippen LogP contribution in [0.25, 0.3) is 0 Å². The van der Waals surface area contributed by atoms with E-state index in [-0.39, 0.29) is 5.60 Å². The Balaban J connectivity index is 2.16. The molecule has 0 saturated carbocycles. The summed E-state index contributed by atoms with van der Waals surface area (Å²) in [4.78, 5) is 8.02. The molecule has 1 fully saturated rings. The molecular weight excluding hydrogens is 202 g/mol. The molecule has 2 rings (SSSR count). The van der Waals surface area contributed by atoms with Crippen LogP contribution in [0.3, 0.4) is 0 Å². The number of H-pyrrole nitrogens is 1. The Morgan fingerprint density at radius 2 is 2.38 bits per heavy atom. The molecule has 0 aliphatic carbocycles. The van der Waals surface area contributed by atoms with E-state index >= 15 is 0 Å². The van der Waals surface area contributed by atoms with Crippen molar-refractivity contribution in [1.29, 1.82) is 0 Å². The molecule has 1 atom stereocenters. The van der Waals surface area contributed by atoms with Crippen molar-refractivity contribution in [1.82, 2.24) is 9.97 Å². The molecule has 4 nitrogen and oxygen atoms in total. The molecule has 4 heteroatoms. The summed E-state index contributed by atoms with van der Waals surface area (Å²) in [6.45, 7) is 5.75. The van der Waals surface area contributed by atoms with E-state index < -0.39 is 0 Å². The second-order valence-electron chi connectivity index (χ2n) is 4.73. The first-order valence-electron chi connectivity index (χ1n) is 6.06. The summed E-state index contributed by atoms with van der Waals surface area (Å²) >= 11 is 0. The maximum atomic E-state index is 5.78. The van der Waals surface area contributed by atoms with Gasteiger partial charge in [-0.1, -0.05) is 0 Å². The molecule has 2 heterocycles. The average molecular weight is 223 g/mol. The first-order chi connectivity index (χ1) is 7.65. The lowest BCUT2D eigenvalue weighted by Gasteiger charge is -2.19. The van der Waals surface area contributed by atoms with E-state index in [9.17, 15) is 0 Å². The van der Waals surface area contributed by atoms with Gasteiger partial charge in [-0.25, -0.2) is 4.98 Å². The summed E-state index contributed by atoms with van der Waals surface area (Å²) < 4.78 is 5.78. The van der Waals surface area contributed by atoms with Gasteiger partial charge in [0.1, 0.15) is 11.4 Å². The Kier molecular flexibility index (Phi) is 3.30. The van der Waals surface area contributed by atoms with Gasteiger partial charge in [-0.3, -0.25) is 0 Å². The Morgan fingerprint density at radius 1 is 1.56 bits per heavy atom. The molecule has 0 amide bonds. The third-order valence-corrected chi connectivity index (χ3v) is 3.32. The van der Waals surface area contributed by atoms with Gasteiger partial charge in [-0.05, 0) is 46.1 Å². The predicted octanol–water partition coefficient (Wildman–Crippen LogP) is 1.64. The summed E-state index contributed by atoms with van der Waals surface area (Å²) in [6.07, 6.45) is 4.11. The van der Waals surface area contributed by atoms with Crippen LogP contribution in [0.2, 0.25) is 0 Å². The number of nitrogens with two attached hydrogens (primary N) is 1. The molecular formula is C12H21N3O. The zero-order valence-electron chi connectivity index (χ0n) is 10.2. The lowest BCUT2D eigenvalue weighted by Crippen LogP contribution is -2.21. The number of imidazole rings is 1. The van der Waals surface area contributed by atoms with Crippen LogP contribution in [0.15, 0.2) is 0 Å². The smallest absolute Gasteiger partial charge is 0.138 e. The van der Waals surface area contributed by atoms with E-state index in [0.717, 1.165) is 56.0 Å². The topological polar surface area (TPSA) is 63.9 Å². The molecule has 0 aromatic carbocycles. The van der Waals surface area contributed by atoms with Crippen molar-refractivity contribution in [3.8, 4) is 0 Å². The molecule has 90 valence electrons. The number of hydrogen-bond acceptors (Lipinski definition) is 3. The van der Waals surface area contributed by atoms with Crippen molar-refractivity contribution >= 4 is 0 Å². The Bertz CT molecular complexity index is 353. The standard InChI is InChI=1S/C12H21N3O/c1-9-10(5-3-7-13)15-11(14-9)12(2)6-4-8-16-12/h3-8,13H2,1-2H3,(H,14,15). The van der Waals surface area contributed by atoms with Crippen LogP contribution < -0.4 is 5.73 Å². The summed E-state index contributed by atoms with van der Waals surface area (Å²) in [5.41, 5.74) is 7.61. The molecule has 1 unspecified atom stereocenters. The minimum atomic E-state index is -0.203. The summed E-state index contributed by atoms with van der Waals surface area (Å²) in [7, 11) is 0. The van der Waals surface area contributed by atoms with Crippen LogP contribution in [-0.4, -0.2) is 23.1 Å². The molecule has 3 N–H and O–H groups in total. The van der Waals surface area contributed by atoms with Crippen molar-refractivity contribution in [3.05, 3.63) is 17.2 Å². The van der Waals surface area contributed by atoms with Crippen molar-refractivity contribution in [2.75, 3.05) is 13.2 Å². The zero-order chi connectivity index (χ0) is 11.6. The highest BCUT2D eigenvalue weighted by Crippen LogP contribution is 2.34. The average Bonchev–Trinajstić information content (AvgIpc) is 2.84. The van der Waals surface area contributed by atoms with Crippen LogP contribution in [0.1, 0.15) is 43.4 Å². The van der Waals surface area contributed by atoms with Gasteiger partial charge in [-0.15, -0.1) is 0 Å². The monoisotopic (exact) mass is 223 g/mol.